The van der Waals surface area contributed by atoms with Gasteiger partial charge in [0.15, 0.2) is 11.5 Å². The van der Waals surface area contributed by atoms with Gasteiger partial charge in [0.2, 0.25) is 0 Å². The highest BCUT2D eigenvalue weighted by atomic mass is 79.9. The summed E-state index contributed by atoms with van der Waals surface area (Å²) < 4.78 is 16.6. The first kappa shape index (κ1) is 13.2. The predicted molar refractivity (Wildman–Crippen MR) is 76.4 cm³/mol. The molecule has 6 heteroatoms. The van der Waals surface area contributed by atoms with Crippen molar-refractivity contribution in [1.29, 1.82) is 0 Å². The van der Waals surface area contributed by atoms with Gasteiger partial charge in [-0.2, -0.15) is 0 Å². The van der Waals surface area contributed by atoms with Gasteiger partial charge in [0.1, 0.15) is 0 Å². The lowest BCUT2D eigenvalue weighted by atomic mass is 10.1. The summed E-state index contributed by atoms with van der Waals surface area (Å²) >= 11 is 3.43. The van der Waals surface area contributed by atoms with Crippen molar-refractivity contribution in [1.82, 2.24) is 4.98 Å². The number of pyridine rings is 1. The van der Waals surface area contributed by atoms with Crippen molar-refractivity contribution < 1.29 is 19.0 Å². The van der Waals surface area contributed by atoms with Crippen molar-refractivity contribution in [3.8, 4) is 11.5 Å². The van der Waals surface area contributed by atoms with E-state index in [-0.39, 0.29) is 0 Å². The van der Waals surface area contributed by atoms with Crippen LogP contribution in [0.1, 0.15) is 16.8 Å². The van der Waals surface area contributed by atoms with Gasteiger partial charge in [-0.05, 0) is 22.0 Å². The molecule has 0 radical (unpaired) electrons. The van der Waals surface area contributed by atoms with Crippen LogP contribution in [-0.2, 0) is 4.74 Å². The number of hydrogen-bond acceptors (Lipinski definition) is 5. The summed E-state index contributed by atoms with van der Waals surface area (Å²) in [6.45, 7) is 1.24. The maximum Gasteiger partial charge on any atom is 0.340 e. The minimum absolute atomic E-state index is 0.384. The Morgan fingerprint density at radius 1 is 1.30 bits per heavy atom. The Kier molecular flexibility index (Phi) is 3.48. The van der Waals surface area contributed by atoms with Crippen molar-refractivity contribution in [2.45, 2.75) is 6.42 Å². The first-order valence-corrected chi connectivity index (χ1v) is 6.96. The second-order valence-corrected chi connectivity index (χ2v) is 5.14. The molecule has 5 nitrogen and oxygen atoms in total. The van der Waals surface area contributed by atoms with Crippen LogP contribution in [0.15, 0.2) is 22.8 Å². The summed E-state index contributed by atoms with van der Waals surface area (Å²) in [6, 6.07) is 3.65. The Morgan fingerprint density at radius 2 is 2.00 bits per heavy atom. The molecule has 0 saturated heterocycles. The Hall–Kier alpha value is -1.82. The number of carbonyl (C=O) groups excluding carboxylic acids is 1. The van der Waals surface area contributed by atoms with Crippen molar-refractivity contribution in [3.05, 3.63) is 28.4 Å². The summed E-state index contributed by atoms with van der Waals surface area (Å²) in [5, 5.41) is 0.789. The van der Waals surface area contributed by atoms with E-state index in [2.05, 4.69) is 20.9 Å². The Bertz CT molecular complexity index is 686. The highest BCUT2D eigenvalue weighted by molar-refractivity contribution is 9.10. The van der Waals surface area contributed by atoms with Crippen LogP contribution in [0.25, 0.3) is 10.9 Å². The minimum Gasteiger partial charge on any atom is -0.490 e. The highest BCUT2D eigenvalue weighted by Crippen LogP contribution is 2.37. The third-order valence-corrected chi connectivity index (χ3v) is 3.93. The standard InChI is InChI=1S/C14H12BrNO4/c1-18-14(17)9-7-16-10-6-12-11(5-8(10)13(9)15)19-3-2-4-20-12/h5-7H,2-4H2,1H3. The van der Waals surface area contributed by atoms with Gasteiger partial charge in [-0.3, -0.25) is 4.98 Å². The predicted octanol–water partition coefficient (Wildman–Crippen LogP) is 2.95. The van der Waals surface area contributed by atoms with E-state index in [0.29, 0.717) is 34.7 Å². The van der Waals surface area contributed by atoms with Crippen LogP contribution in [-0.4, -0.2) is 31.3 Å². The molecule has 0 saturated carbocycles. The summed E-state index contributed by atoms with van der Waals surface area (Å²) in [5.41, 5.74) is 1.11. The number of aromatic nitrogens is 1. The zero-order chi connectivity index (χ0) is 14.1. The van der Waals surface area contributed by atoms with E-state index < -0.39 is 5.97 Å². The quantitative estimate of drug-likeness (QED) is 0.749. The van der Waals surface area contributed by atoms with E-state index in [9.17, 15) is 4.79 Å². The second kappa shape index (κ2) is 5.28. The SMILES string of the molecule is COC(=O)c1cnc2cc3c(cc2c1Br)OCCCO3. The lowest BCUT2D eigenvalue weighted by Crippen LogP contribution is -2.03. The fraction of sp³-hybridized carbons (Fsp3) is 0.286. The maximum atomic E-state index is 11.7. The molecule has 2 aromatic rings. The molecular formula is C14H12BrNO4. The topological polar surface area (TPSA) is 57.7 Å². The number of halogens is 1. The van der Waals surface area contributed by atoms with Crippen molar-refractivity contribution >= 4 is 32.8 Å². The molecule has 0 amide bonds. The van der Waals surface area contributed by atoms with Crippen LogP contribution in [0, 0.1) is 0 Å². The molecule has 20 heavy (non-hydrogen) atoms. The molecule has 1 aromatic carbocycles. The molecule has 0 fully saturated rings. The molecule has 1 aliphatic heterocycles. The van der Waals surface area contributed by atoms with E-state index in [4.69, 9.17) is 14.2 Å². The van der Waals surface area contributed by atoms with Crippen LogP contribution in [0.5, 0.6) is 11.5 Å². The monoisotopic (exact) mass is 337 g/mol. The Balaban J connectivity index is 2.19. The number of rotatable bonds is 1. The Morgan fingerprint density at radius 3 is 2.70 bits per heavy atom. The lowest BCUT2D eigenvalue weighted by Gasteiger charge is -2.11. The molecule has 0 atom stereocenters. The highest BCUT2D eigenvalue weighted by Gasteiger charge is 2.18. The molecule has 0 unspecified atom stereocenters. The van der Waals surface area contributed by atoms with Crippen molar-refractivity contribution in [3.63, 3.8) is 0 Å². The van der Waals surface area contributed by atoms with Crippen LogP contribution in [0.3, 0.4) is 0 Å². The molecule has 0 N–H and O–H groups in total. The van der Waals surface area contributed by atoms with Gasteiger partial charge < -0.3 is 14.2 Å². The van der Waals surface area contributed by atoms with Gasteiger partial charge >= 0.3 is 5.97 Å². The zero-order valence-corrected chi connectivity index (χ0v) is 12.4. The smallest absolute Gasteiger partial charge is 0.340 e. The first-order valence-electron chi connectivity index (χ1n) is 6.17. The number of fused-ring (bicyclic) bond motifs is 2. The molecule has 0 spiro atoms. The molecular weight excluding hydrogens is 326 g/mol. The molecule has 104 valence electrons. The number of carbonyl (C=O) groups is 1. The van der Waals surface area contributed by atoms with Gasteiger partial charge in [0.05, 0.1) is 31.4 Å². The van der Waals surface area contributed by atoms with Crippen molar-refractivity contribution in [2.24, 2.45) is 0 Å². The van der Waals surface area contributed by atoms with Crippen molar-refractivity contribution in [2.75, 3.05) is 20.3 Å². The van der Waals surface area contributed by atoms with Crippen LogP contribution >= 0.6 is 15.9 Å². The first-order chi connectivity index (χ1) is 9.70. The second-order valence-electron chi connectivity index (χ2n) is 4.34. The van der Waals surface area contributed by atoms with Crippen LogP contribution < -0.4 is 9.47 Å². The molecule has 1 aromatic heterocycles. The molecule has 1 aliphatic rings. The van der Waals surface area contributed by atoms with E-state index in [0.717, 1.165) is 17.3 Å². The lowest BCUT2D eigenvalue weighted by molar-refractivity contribution is 0.0599. The van der Waals surface area contributed by atoms with Crippen LogP contribution in [0.4, 0.5) is 0 Å². The average Bonchev–Trinajstić information content (AvgIpc) is 2.70. The zero-order valence-electron chi connectivity index (χ0n) is 10.8. The molecule has 2 heterocycles. The van der Waals surface area contributed by atoms with Gasteiger partial charge in [-0.25, -0.2) is 4.79 Å². The normalized spacial score (nSPS) is 13.9. The fourth-order valence-corrected chi connectivity index (χ4v) is 2.65. The maximum absolute atomic E-state index is 11.7. The van der Waals surface area contributed by atoms with E-state index in [1.54, 1.807) is 0 Å². The number of ether oxygens (including phenoxy) is 3. The molecule has 3 rings (SSSR count). The third-order valence-electron chi connectivity index (χ3n) is 3.08. The Labute approximate surface area is 124 Å². The van der Waals surface area contributed by atoms with E-state index in [1.165, 1.54) is 13.3 Å². The van der Waals surface area contributed by atoms with Gasteiger partial charge in [-0.1, -0.05) is 0 Å². The average molecular weight is 338 g/mol. The minimum atomic E-state index is -0.432. The number of nitrogens with zero attached hydrogens (tertiary/aromatic N) is 1. The van der Waals surface area contributed by atoms with Gasteiger partial charge in [-0.15, -0.1) is 0 Å². The fourth-order valence-electron chi connectivity index (χ4n) is 2.07. The summed E-state index contributed by atoms with van der Waals surface area (Å²) in [7, 11) is 1.34. The van der Waals surface area contributed by atoms with E-state index in [1.807, 2.05) is 12.1 Å². The summed E-state index contributed by atoms with van der Waals surface area (Å²) in [6.07, 6.45) is 2.33. The van der Waals surface area contributed by atoms with Crippen LogP contribution in [0.2, 0.25) is 0 Å². The van der Waals surface area contributed by atoms with Gasteiger partial charge in [0.25, 0.3) is 0 Å². The largest absolute Gasteiger partial charge is 0.490 e. The third kappa shape index (κ3) is 2.20. The number of hydrogen-bond donors (Lipinski definition) is 0. The summed E-state index contributed by atoms with van der Waals surface area (Å²) in [4.78, 5) is 16.0. The number of methoxy groups -OCH3 is 1. The van der Waals surface area contributed by atoms with Gasteiger partial charge in [0, 0.05) is 28.5 Å². The molecule has 0 aliphatic carbocycles. The summed E-state index contributed by atoms with van der Waals surface area (Å²) in [5.74, 6) is 0.915. The number of benzene rings is 1. The van der Waals surface area contributed by atoms with E-state index >= 15 is 0 Å². The number of esters is 1. The molecule has 0 bridgehead atoms.